The molecule has 1 aromatic carbocycles. The van der Waals surface area contributed by atoms with Gasteiger partial charge in [0.25, 0.3) is 0 Å². The van der Waals surface area contributed by atoms with Crippen molar-refractivity contribution < 1.29 is 18.8 Å². The van der Waals surface area contributed by atoms with E-state index in [0.29, 0.717) is 31.2 Å². The molecular formula is C17H19N3O4. The summed E-state index contributed by atoms with van der Waals surface area (Å²) in [6, 6.07) is 5.76. The van der Waals surface area contributed by atoms with Gasteiger partial charge < -0.3 is 18.9 Å². The number of amides is 1. The molecule has 0 N–H and O–H groups in total. The highest BCUT2D eigenvalue weighted by molar-refractivity contribution is 5.79. The summed E-state index contributed by atoms with van der Waals surface area (Å²) < 4.78 is 16.0. The molecule has 7 heteroatoms. The number of carbonyl (C=O) groups is 1. The first-order valence-electron chi connectivity index (χ1n) is 8.10. The van der Waals surface area contributed by atoms with Crippen LogP contribution in [0.15, 0.2) is 22.7 Å². The standard InChI is InChI=1S/C17H19N3O4/c1-10(2)16-18-17(24-19-16)12-6-15(21)20(8-12)7-11-3-4-13-14(5-11)23-9-22-13/h3-5,10,12H,6-9H2,1-2H3/t12-/m0/s1. The number of hydrogen-bond acceptors (Lipinski definition) is 6. The SMILES string of the molecule is CC(C)c1noc([C@H]2CC(=O)N(Cc3ccc4c(c3)OCO4)C2)n1. The summed E-state index contributed by atoms with van der Waals surface area (Å²) >= 11 is 0. The molecule has 1 atom stereocenters. The smallest absolute Gasteiger partial charge is 0.232 e. The topological polar surface area (TPSA) is 77.7 Å². The van der Waals surface area contributed by atoms with Crippen molar-refractivity contribution in [2.45, 2.75) is 38.6 Å². The normalized spacial score (nSPS) is 19.5. The molecule has 3 heterocycles. The van der Waals surface area contributed by atoms with Gasteiger partial charge >= 0.3 is 0 Å². The first kappa shape index (κ1) is 15.0. The van der Waals surface area contributed by atoms with Gasteiger partial charge in [0.15, 0.2) is 17.3 Å². The maximum absolute atomic E-state index is 12.3. The van der Waals surface area contributed by atoms with Gasteiger partial charge in [0.1, 0.15) is 0 Å². The highest BCUT2D eigenvalue weighted by Crippen LogP contribution is 2.34. The Hall–Kier alpha value is -2.57. The van der Waals surface area contributed by atoms with Crippen LogP contribution in [0.5, 0.6) is 11.5 Å². The lowest BCUT2D eigenvalue weighted by molar-refractivity contribution is -0.128. The zero-order valence-electron chi connectivity index (χ0n) is 13.7. The third-order valence-electron chi connectivity index (χ3n) is 4.35. The lowest BCUT2D eigenvalue weighted by Crippen LogP contribution is -2.24. The number of benzene rings is 1. The van der Waals surface area contributed by atoms with Crippen LogP contribution in [0.25, 0.3) is 0 Å². The Morgan fingerprint density at radius 2 is 2.12 bits per heavy atom. The first-order chi connectivity index (χ1) is 11.6. The number of fused-ring (bicyclic) bond motifs is 1. The minimum atomic E-state index is -0.0356. The molecule has 2 aliphatic rings. The maximum atomic E-state index is 12.3. The van der Waals surface area contributed by atoms with Gasteiger partial charge in [0.05, 0.1) is 5.92 Å². The Labute approximate surface area is 139 Å². The van der Waals surface area contributed by atoms with Crippen molar-refractivity contribution in [3.63, 3.8) is 0 Å². The molecule has 0 saturated carbocycles. The van der Waals surface area contributed by atoms with Crippen LogP contribution in [0, 0.1) is 0 Å². The molecule has 0 spiro atoms. The Balaban J connectivity index is 1.46. The molecule has 126 valence electrons. The highest BCUT2D eigenvalue weighted by Gasteiger charge is 2.34. The lowest BCUT2D eigenvalue weighted by atomic mass is 10.1. The minimum absolute atomic E-state index is 0.0356. The van der Waals surface area contributed by atoms with Crippen LogP contribution in [-0.4, -0.2) is 34.3 Å². The Morgan fingerprint density at radius 3 is 2.92 bits per heavy atom. The predicted molar refractivity (Wildman–Crippen MR) is 83.7 cm³/mol. The number of nitrogens with zero attached hydrogens (tertiary/aromatic N) is 3. The fourth-order valence-electron chi connectivity index (χ4n) is 3.00. The molecule has 1 aromatic heterocycles. The van der Waals surface area contributed by atoms with Gasteiger partial charge in [-0.15, -0.1) is 0 Å². The zero-order valence-corrected chi connectivity index (χ0v) is 13.7. The quantitative estimate of drug-likeness (QED) is 0.857. The molecule has 24 heavy (non-hydrogen) atoms. The van der Waals surface area contributed by atoms with Gasteiger partial charge in [-0.1, -0.05) is 25.1 Å². The molecule has 4 rings (SSSR count). The van der Waals surface area contributed by atoms with Crippen molar-refractivity contribution in [2.24, 2.45) is 0 Å². The third-order valence-corrected chi connectivity index (χ3v) is 4.35. The molecular weight excluding hydrogens is 310 g/mol. The number of likely N-dealkylation sites (tertiary alicyclic amines) is 1. The second-order valence-corrected chi connectivity index (χ2v) is 6.51. The zero-order chi connectivity index (χ0) is 16.7. The van der Waals surface area contributed by atoms with E-state index in [0.717, 1.165) is 17.1 Å². The molecule has 0 bridgehead atoms. The fraction of sp³-hybridized carbons (Fsp3) is 0.471. The van der Waals surface area contributed by atoms with Crippen molar-refractivity contribution in [2.75, 3.05) is 13.3 Å². The summed E-state index contributed by atoms with van der Waals surface area (Å²) in [4.78, 5) is 18.6. The van der Waals surface area contributed by atoms with E-state index in [-0.39, 0.29) is 24.5 Å². The molecule has 7 nitrogen and oxygen atoms in total. The van der Waals surface area contributed by atoms with Crippen molar-refractivity contribution in [1.29, 1.82) is 0 Å². The monoisotopic (exact) mass is 329 g/mol. The Bertz CT molecular complexity index is 771. The molecule has 1 amide bonds. The van der Waals surface area contributed by atoms with E-state index in [1.54, 1.807) is 0 Å². The van der Waals surface area contributed by atoms with Crippen LogP contribution in [0.4, 0.5) is 0 Å². The summed E-state index contributed by atoms with van der Waals surface area (Å²) in [6.07, 6.45) is 0.407. The average molecular weight is 329 g/mol. The largest absolute Gasteiger partial charge is 0.454 e. The van der Waals surface area contributed by atoms with Crippen LogP contribution < -0.4 is 9.47 Å². The minimum Gasteiger partial charge on any atom is -0.454 e. The third kappa shape index (κ3) is 2.70. The summed E-state index contributed by atoms with van der Waals surface area (Å²) in [5, 5.41) is 3.99. The van der Waals surface area contributed by atoms with Crippen LogP contribution in [0.1, 0.15) is 49.4 Å². The molecule has 0 aliphatic carbocycles. The molecule has 0 radical (unpaired) electrons. The van der Waals surface area contributed by atoms with Crippen LogP contribution in [0.2, 0.25) is 0 Å². The van der Waals surface area contributed by atoms with E-state index in [9.17, 15) is 4.79 Å². The molecule has 1 saturated heterocycles. The predicted octanol–water partition coefficient (Wildman–Crippen LogP) is 2.44. The van der Waals surface area contributed by atoms with Crippen molar-refractivity contribution in [3.05, 3.63) is 35.5 Å². The molecule has 2 aromatic rings. The van der Waals surface area contributed by atoms with Crippen molar-refractivity contribution in [1.82, 2.24) is 15.0 Å². The van der Waals surface area contributed by atoms with Gasteiger partial charge in [-0.3, -0.25) is 4.79 Å². The van der Waals surface area contributed by atoms with E-state index in [1.165, 1.54) is 0 Å². The van der Waals surface area contributed by atoms with E-state index in [1.807, 2.05) is 36.9 Å². The van der Waals surface area contributed by atoms with Crippen LogP contribution >= 0.6 is 0 Å². The van der Waals surface area contributed by atoms with E-state index in [4.69, 9.17) is 14.0 Å². The average Bonchev–Trinajstić information content (AvgIpc) is 3.27. The molecule has 2 aliphatic heterocycles. The number of ether oxygens (including phenoxy) is 2. The van der Waals surface area contributed by atoms with Crippen molar-refractivity contribution >= 4 is 5.91 Å². The number of aromatic nitrogens is 2. The summed E-state index contributed by atoms with van der Waals surface area (Å²) in [5.41, 5.74) is 1.02. The van der Waals surface area contributed by atoms with E-state index in [2.05, 4.69) is 10.1 Å². The first-order valence-corrected chi connectivity index (χ1v) is 8.10. The maximum Gasteiger partial charge on any atom is 0.232 e. The van der Waals surface area contributed by atoms with Gasteiger partial charge in [-0.25, -0.2) is 0 Å². The molecule has 0 unspecified atom stereocenters. The summed E-state index contributed by atoms with van der Waals surface area (Å²) in [6.45, 7) is 5.41. The van der Waals surface area contributed by atoms with Crippen LogP contribution in [-0.2, 0) is 11.3 Å². The van der Waals surface area contributed by atoms with Gasteiger partial charge in [0, 0.05) is 25.4 Å². The van der Waals surface area contributed by atoms with Crippen molar-refractivity contribution in [3.8, 4) is 11.5 Å². The fourth-order valence-corrected chi connectivity index (χ4v) is 3.00. The van der Waals surface area contributed by atoms with Gasteiger partial charge in [-0.05, 0) is 17.7 Å². The number of rotatable bonds is 4. The highest BCUT2D eigenvalue weighted by atomic mass is 16.7. The summed E-state index contributed by atoms with van der Waals surface area (Å²) in [7, 11) is 0. The van der Waals surface area contributed by atoms with Gasteiger partial charge in [0.2, 0.25) is 18.6 Å². The second-order valence-electron chi connectivity index (χ2n) is 6.51. The van der Waals surface area contributed by atoms with E-state index >= 15 is 0 Å². The second kappa shape index (κ2) is 5.81. The lowest BCUT2D eigenvalue weighted by Gasteiger charge is -2.16. The Kier molecular flexibility index (Phi) is 3.63. The summed E-state index contributed by atoms with van der Waals surface area (Å²) in [5.74, 6) is 3.00. The van der Waals surface area contributed by atoms with Crippen LogP contribution in [0.3, 0.4) is 0 Å². The van der Waals surface area contributed by atoms with Gasteiger partial charge in [-0.2, -0.15) is 4.98 Å². The Morgan fingerprint density at radius 1 is 1.29 bits per heavy atom. The number of carbonyl (C=O) groups excluding carboxylic acids is 1. The van der Waals surface area contributed by atoms with E-state index < -0.39 is 0 Å². The molecule has 1 fully saturated rings. The number of hydrogen-bond donors (Lipinski definition) is 0.